The molecule has 0 radical (unpaired) electrons. The van der Waals surface area contributed by atoms with Crippen molar-refractivity contribution < 1.29 is 23.9 Å². The highest BCUT2D eigenvalue weighted by molar-refractivity contribution is 6.31. The monoisotopic (exact) mass is 602 g/mol. The van der Waals surface area contributed by atoms with Crippen molar-refractivity contribution in [1.29, 1.82) is 0 Å². The summed E-state index contributed by atoms with van der Waals surface area (Å²) in [6, 6.07) is 28.1. The second-order valence-corrected chi connectivity index (χ2v) is 12.4. The van der Waals surface area contributed by atoms with Crippen molar-refractivity contribution in [2.24, 2.45) is 17.8 Å². The quantitative estimate of drug-likeness (QED) is 0.162. The van der Waals surface area contributed by atoms with E-state index in [9.17, 15) is 19.2 Å². The highest BCUT2D eigenvalue weighted by Gasteiger charge is 2.61. The zero-order valence-corrected chi connectivity index (χ0v) is 24.5. The number of benzene rings is 4. The lowest BCUT2D eigenvalue weighted by molar-refractivity contribution is -0.139. The van der Waals surface area contributed by atoms with E-state index in [1.807, 2.05) is 31.2 Å². The topological polar surface area (TPSA) is 84.0 Å². The Morgan fingerprint density at radius 1 is 0.773 bits per heavy atom. The number of ether oxygens (including phenoxy) is 1. The molecule has 2 aliphatic heterocycles. The van der Waals surface area contributed by atoms with E-state index in [0.717, 1.165) is 27.8 Å². The van der Waals surface area contributed by atoms with Crippen LogP contribution in [-0.4, -0.2) is 30.2 Å². The smallest absolute Gasteiger partial charge is 0.316 e. The molecule has 44 heavy (non-hydrogen) atoms. The highest BCUT2D eigenvalue weighted by Crippen LogP contribution is 2.61. The molecule has 4 aromatic carbocycles. The molecule has 3 atom stereocenters. The van der Waals surface area contributed by atoms with Crippen LogP contribution in [0, 0.1) is 24.7 Å². The van der Waals surface area contributed by atoms with Crippen molar-refractivity contribution in [2.45, 2.75) is 25.2 Å². The Balaban J connectivity index is 1.06. The van der Waals surface area contributed by atoms with E-state index in [0.29, 0.717) is 16.4 Å². The van der Waals surface area contributed by atoms with Gasteiger partial charge in [0.2, 0.25) is 17.7 Å². The predicted octanol–water partition coefficient (Wildman–Crippen LogP) is 6.00. The van der Waals surface area contributed by atoms with Crippen molar-refractivity contribution in [2.75, 3.05) is 16.3 Å². The fraction of sp³-hybridized carbons (Fsp3) is 0.222. The van der Waals surface area contributed by atoms with E-state index >= 15 is 0 Å². The molecular weight excluding hydrogens is 576 g/mol. The zero-order valence-electron chi connectivity index (χ0n) is 23.8. The van der Waals surface area contributed by atoms with Gasteiger partial charge < -0.3 is 9.64 Å². The van der Waals surface area contributed by atoms with Crippen LogP contribution in [-0.2, 0) is 19.2 Å². The van der Waals surface area contributed by atoms with Crippen molar-refractivity contribution in [3.05, 3.63) is 124 Å². The number of rotatable bonds is 4. The Bertz CT molecular complexity index is 1800. The SMILES string of the molecule is Cc1c(Cl)cccc1N1C[C@@H](C(=O)Oc2cccc(N3C(=O)[C@@H]4C5c6ccccc6C(c6ccccc65)[C@@H]4C3=O)c2)CC1=O. The third-order valence-corrected chi connectivity index (χ3v) is 10.1. The summed E-state index contributed by atoms with van der Waals surface area (Å²) in [6.07, 6.45) is 0.0147. The molecule has 2 fully saturated rings. The van der Waals surface area contributed by atoms with Gasteiger partial charge in [0.1, 0.15) is 5.75 Å². The maximum absolute atomic E-state index is 14.1. The average molecular weight is 603 g/mol. The molecule has 9 rings (SSSR count). The zero-order chi connectivity index (χ0) is 30.3. The highest BCUT2D eigenvalue weighted by atomic mass is 35.5. The van der Waals surface area contributed by atoms with Crippen LogP contribution in [0.4, 0.5) is 11.4 Å². The lowest BCUT2D eigenvalue weighted by Gasteiger charge is -2.45. The number of halogens is 1. The van der Waals surface area contributed by atoms with E-state index < -0.39 is 23.7 Å². The normalized spacial score (nSPS) is 24.8. The fourth-order valence-electron chi connectivity index (χ4n) is 7.80. The van der Waals surface area contributed by atoms with Gasteiger partial charge in [0.15, 0.2) is 0 Å². The van der Waals surface area contributed by atoms with E-state index in [1.165, 1.54) is 4.90 Å². The molecule has 2 heterocycles. The van der Waals surface area contributed by atoms with Gasteiger partial charge in [-0.25, -0.2) is 4.90 Å². The van der Waals surface area contributed by atoms with Crippen LogP contribution in [0.1, 0.15) is 46.1 Å². The second-order valence-electron chi connectivity index (χ2n) is 12.0. The van der Waals surface area contributed by atoms with Crippen LogP contribution in [0.25, 0.3) is 0 Å². The van der Waals surface area contributed by atoms with Gasteiger partial charge in [-0.1, -0.05) is 72.3 Å². The minimum absolute atomic E-state index is 0.0147. The number of amides is 3. The Hall–Kier alpha value is -4.75. The van der Waals surface area contributed by atoms with E-state index in [-0.39, 0.29) is 48.3 Å². The van der Waals surface area contributed by atoms with Crippen LogP contribution in [0.2, 0.25) is 5.02 Å². The van der Waals surface area contributed by atoms with Crippen molar-refractivity contribution in [3.8, 4) is 5.75 Å². The molecular formula is C36H27ClN2O5. The molecule has 0 N–H and O–H groups in total. The summed E-state index contributed by atoms with van der Waals surface area (Å²) >= 11 is 6.26. The molecule has 2 saturated heterocycles. The molecule has 4 aromatic rings. The van der Waals surface area contributed by atoms with Gasteiger partial charge in [0.05, 0.1) is 23.4 Å². The number of esters is 1. The fourth-order valence-corrected chi connectivity index (χ4v) is 7.97. The minimum Gasteiger partial charge on any atom is -0.426 e. The molecule has 218 valence electrons. The first-order valence-corrected chi connectivity index (χ1v) is 15.1. The molecule has 0 aromatic heterocycles. The number of anilines is 2. The van der Waals surface area contributed by atoms with Crippen LogP contribution < -0.4 is 14.5 Å². The van der Waals surface area contributed by atoms with Gasteiger partial charge in [0.25, 0.3) is 0 Å². The summed E-state index contributed by atoms with van der Waals surface area (Å²) in [4.78, 5) is 57.1. The largest absolute Gasteiger partial charge is 0.426 e. The lowest BCUT2D eigenvalue weighted by Crippen LogP contribution is -2.41. The van der Waals surface area contributed by atoms with Crippen molar-refractivity contribution in [3.63, 3.8) is 0 Å². The first-order valence-electron chi connectivity index (χ1n) is 14.8. The Morgan fingerprint density at radius 2 is 1.34 bits per heavy atom. The third-order valence-electron chi connectivity index (χ3n) is 9.73. The summed E-state index contributed by atoms with van der Waals surface area (Å²) in [7, 11) is 0. The van der Waals surface area contributed by atoms with Gasteiger partial charge >= 0.3 is 5.97 Å². The molecule has 3 amide bonds. The summed E-state index contributed by atoms with van der Waals surface area (Å²) < 4.78 is 5.74. The van der Waals surface area contributed by atoms with Gasteiger partial charge in [-0.05, 0) is 59.0 Å². The van der Waals surface area contributed by atoms with Crippen molar-refractivity contribution >= 4 is 46.7 Å². The predicted molar refractivity (Wildman–Crippen MR) is 165 cm³/mol. The Morgan fingerprint density at radius 3 is 1.93 bits per heavy atom. The minimum atomic E-state index is -0.671. The van der Waals surface area contributed by atoms with E-state index in [4.69, 9.17) is 16.3 Å². The third kappa shape index (κ3) is 3.82. The molecule has 3 aliphatic carbocycles. The number of nitrogens with zero attached hydrogens (tertiary/aromatic N) is 2. The molecule has 0 spiro atoms. The lowest BCUT2D eigenvalue weighted by atomic mass is 9.55. The molecule has 5 aliphatic rings. The molecule has 0 unspecified atom stereocenters. The summed E-state index contributed by atoms with van der Waals surface area (Å²) in [6.45, 7) is 2.01. The average Bonchev–Trinajstić information content (AvgIpc) is 3.55. The summed E-state index contributed by atoms with van der Waals surface area (Å²) in [5.41, 5.74) is 6.24. The van der Waals surface area contributed by atoms with Crippen LogP contribution in [0.3, 0.4) is 0 Å². The van der Waals surface area contributed by atoms with Gasteiger partial charge in [0, 0.05) is 41.6 Å². The summed E-state index contributed by atoms with van der Waals surface area (Å²) in [5.74, 6) is -3.09. The van der Waals surface area contributed by atoms with Gasteiger partial charge in [-0.3, -0.25) is 19.2 Å². The maximum Gasteiger partial charge on any atom is 0.316 e. The standard InChI is InChI=1S/C36H27ClN2O5/c1-19-27(37)14-7-15-28(19)38-18-20(16-29(38)40)36(43)44-22-9-6-8-21(17-22)39-34(41)32-30-23-10-2-3-11-24(23)31(33(32)35(39)42)26-13-5-4-12-25(26)30/h2-15,17,20,30-33H,16,18H2,1H3/t20-,30?,31?,32-,33+/m0/s1. The van der Waals surface area contributed by atoms with Crippen LogP contribution in [0.5, 0.6) is 5.75 Å². The van der Waals surface area contributed by atoms with Crippen LogP contribution in [0.15, 0.2) is 91.0 Å². The Labute approximate surface area is 259 Å². The first kappa shape index (κ1) is 26.8. The number of carbonyl (C=O) groups excluding carboxylic acids is 4. The molecule has 7 nitrogen and oxygen atoms in total. The summed E-state index contributed by atoms with van der Waals surface area (Å²) in [5, 5.41) is 0.546. The number of hydrogen-bond acceptors (Lipinski definition) is 5. The van der Waals surface area contributed by atoms with Gasteiger partial charge in [-0.15, -0.1) is 0 Å². The van der Waals surface area contributed by atoms with Crippen LogP contribution >= 0.6 is 11.6 Å². The number of carbonyl (C=O) groups is 4. The molecule has 0 saturated carbocycles. The second kappa shape index (κ2) is 9.89. The molecule has 8 heteroatoms. The maximum atomic E-state index is 14.1. The van der Waals surface area contributed by atoms with E-state index in [1.54, 1.807) is 47.4 Å². The number of hydrogen-bond donors (Lipinski definition) is 0. The Kier molecular flexibility index (Phi) is 6.04. The van der Waals surface area contributed by atoms with Crippen molar-refractivity contribution in [1.82, 2.24) is 0 Å². The number of imide groups is 1. The van der Waals surface area contributed by atoms with E-state index in [2.05, 4.69) is 24.3 Å². The van der Waals surface area contributed by atoms with Gasteiger partial charge in [-0.2, -0.15) is 0 Å². The molecule has 2 bridgehead atoms. The first-order chi connectivity index (χ1) is 21.3.